The van der Waals surface area contributed by atoms with Crippen molar-refractivity contribution in [2.75, 3.05) is 6.67 Å². The lowest BCUT2D eigenvalue weighted by Crippen LogP contribution is -2.59. The predicted molar refractivity (Wildman–Crippen MR) is 40.0 cm³/mol. The Hall–Kier alpha value is -0.150. The number of alkyl halides is 1. The zero-order valence-corrected chi connectivity index (χ0v) is 6.46. The number of rotatable bonds is 1. The third kappa shape index (κ3) is 1.16. The van der Waals surface area contributed by atoms with Crippen molar-refractivity contribution >= 4 is 0 Å². The molecule has 2 heterocycles. The fraction of sp³-hybridized carbons (Fsp3) is 1.00. The summed E-state index contributed by atoms with van der Waals surface area (Å²) in [6, 6.07) is 0.192. The van der Waals surface area contributed by atoms with E-state index in [1.807, 2.05) is 0 Å². The van der Waals surface area contributed by atoms with Gasteiger partial charge < -0.3 is 10.4 Å². The summed E-state index contributed by atoms with van der Waals surface area (Å²) in [5.74, 6) is 0.375. The standard InChI is InChI=1S/C8H14FNO/c9-4-7-5-1-2-6(10-7)8(11)3-5/h5-8,10-11H,1-4H2/t5-,6+,7-,8-/m1/s1. The van der Waals surface area contributed by atoms with Crippen molar-refractivity contribution in [3.63, 3.8) is 0 Å². The molecule has 1 saturated carbocycles. The van der Waals surface area contributed by atoms with Crippen molar-refractivity contribution in [3.8, 4) is 0 Å². The van der Waals surface area contributed by atoms with Crippen LogP contribution in [0.1, 0.15) is 19.3 Å². The fourth-order valence-corrected chi connectivity index (χ4v) is 2.32. The van der Waals surface area contributed by atoms with E-state index in [4.69, 9.17) is 0 Å². The second-order valence-electron chi connectivity index (χ2n) is 3.67. The molecule has 3 aliphatic rings. The van der Waals surface area contributed by atoms with Gasteiger partial charge >= 0.3 is 0 Å². The largest absolute Gasteiger partial charge is 0.391 e. The van der Waals surface area contributed by atoms with E-state index in [-0.39, 0.29) is 24.9 Å². The lowest BCUT2D eigenvalue weighted by molar-refractivity contribution is -0.0000456. The molecule has 0 spiro atoms. The van der Waals surface area contributed by atoms with Crippen LogP contribution in [0.3, 0.4) is 0 Å². The number of piperidine rings is 2. The molecule has 0 aromatic carbocycles. The van der Waals surface area contributed by atoms with Gasteiger partial charge in [0.15, 0.2) is 0 Å². The highest BCUT2D eigenvalue weighted by molar-refractivity contribution is 4.97. The molecule has 3 rings (SSSR count). The highest BCUT2D eigenvalue weighted by atomic mass is 19.1. The zero-order valence-electron chi connectivity index (χ0n) is 6.46. The first-order valence-electron chi connectivity index (χ1n) is 4.31. The first kappa shape index (κ1) is 7.50. The van der Waals surface area contributed by atoms with Crippen LogP contribution < -0.4 is 5.32 Å². The lowest BCUT2D eigenvalue weighted by atomic mass is 9.75. The van der Waals surface area contributed by atoms with Gasteiger partial charge in [0.1, 0.15) is 6.67 Å². The molecule has 2 aliphatic heterocycles. The molecule has 11 heavy (non-hydrogen) atoms. The third-order valence-corrected chi connectivity index (χ3v) is 3.02. The number of aliphatic hydroxyl groups excluding tert-OH is 1. The first-order valence-corrected chi connectivity index (χ1v) is 4.31. The monoisotopic (exact) mass is 159 g/mol. The topological polar surface area (TPSA) is 32.3 Å². The van der Waals surface area contributed by atoms with Crippen LogP contribution in [-0.2, 0) is 0 Å². The van der Waals surface area contributed by atoms with Gasteiger partial charge in [-0.25, -0.2) is 4.39 Å². The average molecular weight is 159 g/mol. The van der Waals surface area contributed by atoms with E-state index < -0.39 is 0 Å². The van der Waals surface area contributed by atoms with Gasteiger partial charge in [-0.1, -0.05) is 0 Å². The summed E-state index contributed by atoms with van der Waals surface area (Å²) < 4.78 is 12.3. The minimum absolute atomic E-state index is 0.0251. The molecule has 2 bridgehead atoms. The minimum atomic E-state index is -0.284. The van der Waals surface area contributed by atoms with Crippen LogP contribution in [0, 0.1) is 5.92 Å². The molecule has 0 unspecified atom stereocenters. The normalized spacial score (nSPS) is 49.6. The molecule has 2 N–H and O–H groups in total. The Bertz CT molecular complexity index is 153. The van der Waals surface area contributed by atoms with E-state index in [0.717, 1.165) is 19.3 Å². The van der Waals surface area contributed by atoms with Crippen LogP contribution in [0.4, 0.5) is 4.39 Å². The molecule has 2 nitrogen and oxygen atoms in total. The van der Waals surface area contributed by atoms with Crippen molar-refractivity contribution in [2.45, 2.75) is 37.5 Å². The third-order valence-electron chi connectivity index (χ3n) is 3.02. The van der Waals surface area contributed by atoms with Gasteiger partial charge in [-0.3, -0.25) is 0 Å². The summed E-state index contributed by atoms with van der Waals surface area (Å²) in [4.78, 5) is 0. The minimum Gasteiger partial charge on any atom is -0.391 e. The molecule has 4 atom stereocenters. The van der Waals surface area contributed by atoms with E-state index in [2.05, 4.69) is 5.32 Å². The molecule has 0 amide bonds. The van der Waals surface area contributed by atoms with Crippen LogP contribution in [0.25, 0.3) is 0 Å². The maximum absolute atomic E-state index is 12.3. The highest BCUT2D eigenvalue weighted by Crippen LogP contribution is 2.33. The number of aliphatic hydroxyl groups is 1. The molecule has 64 valence electrons. The Balaban J connectivity index is 2.04. The summed E-state index contributed by atoms with van der Waals surface area (Å²) in [5.41, 5.74) is 0. The van der Waals surface area contributed by atoms with E-state index in [1.165, 1.54) is 0 Å². The Labute approximate surface area is 65.8 Å². The second kappa shape index (κ2) is 2.72. The van der Waals surface area contributed by atoms with E-state index in [9.17, 15) is 9.50 Å². The van der Waals surface area contributed by atoms with Crippen molar-refractivity contribution in [1.29, 1.82) is 0 Å². The van der Waals surface area contributed by atoms with Gasteiger partial charge in [0.2, 0.25) is 0 Å². The summed E-state index contributed by atoms with van der Waals surface area (Å²) in [6.07, 6.45) is 2.68. The molecule has 0 radical (unpaired) electrons. The highest BCUT2D eigenvalue weighted by Gasteiger charge is 2.40. The van der Waals surface area contributed by atoms with Gasteiger partial charge in [-0.05, 0) is 25.2 Å². The maximum Gasteiger partial charge on any atom is 0.105 e. The van der Waals surface area contributed by atoms with Crippen LogP contribution in [0.5, 0.6) is 0 Å². The van der Waals surface area contributed by atoms with E-state index in [0.29, 0.717) is 5.92 Å². The number of fused-ring (bicyclic) bond motifs is 3. The number of hydrogen-bond acceptors (Lipinski definition) is 2. The fourth-order valence-electron chi connectivity index (χ4n) is 2.32. The Kier molecular flexibility index (Phi) is 1.85. The van der Waals surface area contributed by atoms with Crippen LogP contribution in [0.2, 0.25) is 0 Å². The quantitative estimate of drug-likeness (QED) is 0.582. The zero-order chi connectivity index (χ0) is 7.84. The second-order valence-corrected chi connectivity index (χ2v) is 3.67. The van der Waals surface area contributed by atoms with Crippen molar-refractivity contribution in [2.24, 2.45) is 5.92 Å². The van der Waals surface area contributed by atoms with Crippen LogP contribution in [0.15, 0.2) is 0 Å². The van der Waals surface area contributed by atoms with Crippen molar-refractivity contribution < 1.29 is 9.50 Å². The molecule has 0 aromatic rings. The average Bonchev–Trinajstić information content (AvgIpc) is 2.05. The van der Waals surface area contributed by atoms with Gasteiger partial charge in [-0.2, -0.15) is 0 Å². The first-order chi connectivity index (χ1) is 5.31. The molecular weight excluding hydrogens is 145 g/mol. The van der Waals surface area contributed by atoms with Gasteiger partial charge in [0, 0.05) is 12.1 Å². The van der Waals surface area contributed by atoms with E-state index >= 15 is 0 Å². The SMILES string of the molecule is O[C@@H]1C[C@H]2CC[C@@H]1N[C@@H]2CF. The van der Waals surface area contributed by atoms with E-state index in [1.54, 1.807) is 0 Å². The Morgan fingerprint density at radius 3 is 2.73 bits per heavy atom. The van der Waals surface area contributed by atoms with Crippen LogP contribution >= 0.6 is 0 Å². The summed E-state index contributed by atoms with van der Waals surface area (Å²) in [6.45, 7) is -0.284. The molecule has 1 aliphatic carbocycles. The Morgan fingerprint density at radius 1 is 1.45 bits per heavy atom. The molecule has 0 aromatic heterocycles. The van der Waals surface area contributed by atoms with Crippen molar-refractivity contribution in [1.82, 2.24) is 5.32 Å². The number of nitrogens with one attached hydrogen (secondary N) is 1. The Morgan fingerprint density at radius 2 is 2.27 bits per heavy atom. The summed E-state index contributed by atoms with van der Waals surface area (Å²) >= 11 is 0. The molecule has 2 saturated heterocycles. The van der Waals surface area contributed by atoms with Gasteiger partial charge in [0.25, 0.3) is 0 Å². The molecule has 3 fully saturated rings. The number of hydrogen-bond donors (Lipinski definition) is 2. The maximum atomic E-state index is 12.3. The summed E-state index contributed by atoms with van der Waals surface area (Å²) in [7, 11) is 0. The summed E-state index contributed by atoms with van der Waals surface area (Å²) in [5, 5.41) is 12.6. The molecular formula is C8H14FNO. The predicted octanol–water partition coefficient (Wildman–Crippen LogP) is 0.457. The van der Waals surface area contributed by atoms with Crippen molar-refractivity contribution in [3.05, 3.63) is 0 Å². The smallest absolute Gasteiger partial charge is 0.105 e. The van der Waals surface area contributed by atoms with Gasteiger partial charge in [0.05, 0.1) is 6.10 Å². The van der Waals surface area contributed by atoms with Gasteiger partial charge in [-0.15, -0.1) is 0 Å². The molecule has 3 heteroatoms. The van der Waals surface area contributed by atoms with Crippen LogP contribution in [-0.4, -0.2) is 30.0 Å². The number of halogens is 1. The lowest BCUT2D eigenvalue weighted by Gasteiger charge is -2.45.